The number of nitrogens with zero attached hydrogens (tertiary/aromatic N) is 2. The third kappa shape index (κ3) is 2.03. The van der Waals surface area contributed by atoms with Gasteiger partial charge in [-0.25, -0.2) is 0 Å². The summed E-state index contributed by atoms with van der Waals surface area (Å²) in [4.78, 5) is 2.32. The molecule has 2 aliphatic heterocycles. The van der Waals surface area contributed by atoms with E-state index in [1.165, 1.54) is 12.8 Å². The Hall–Kier alpha value is -1.73. The van der Waals surface area contributed by atoms with Crippen molar-refractivity contribution in [2.75, 3.05) is 26.8 Å². The number of ether oxygens (including phenoxy) is 2. The van der Waals surface area contributed by atoms with Gasteiger partial charge in [0.1, 0.15) is 17.0 Å². The fraction of sp³-hybridized carbons (Fsp3) is 0.562. The first-order valence-corrected chi connectivity index (χ1v) is 7.28. The predicted octanol–water partition coefficient (Wildman–Crippen LogP) is 2.68. The van der Waals surface area contributed by atoms with Crippen molar-refractivity contribution < 1.29 is 9.47 Å². The topological polar surface area (TPSA) is 45.5 Å². The van der Waals surface area contributed by atoms with Gasteiger partial charge in [0.15, 0.2) is 0 Å². The summed E-state index contributed by atoms with van der Waals surface area (Å²) in [6.45, 7) is 2.66. The molecule has 4 nitrogen and oxygen atoms in total. The van der Waals surface area contributed by atoms with Crippen LogP contribution in [0.5, 0.6) is 11.5 Å². The molecule has 0 aliphatic carbocycles. The van der Waals surface area contributed by atoms with Gasteiger partial charge in [0.2, 0.25) is 0 Å². The third-order valence-corrected chi connectivity index (χ3v) is 4.40. The van der Waals surface area contributed by atoms with Crippen molar-refractivity contribution in [1.82, 2.24) is 4.90 Å². The van der Waals surface area contributed by atoms with Crippen molar-refractivity contribution in [3.63, 3.8) is 0 Å². The summed E-state index contributed by atoms with van der Waals surface area (Å²) in [5, 5.41) is 9.95. The Morgan fingerprint density at radius 3 is 2.80 bits per heavy atom. The highest BCUT2D eigenvalue weighted by Crippen LogP contribution is 2.43. The number of hydrogen-bond donors (Lipinski definition) is 0. The van der Waals surface area contributed by atoms with Crippen LogP contribution in [0.25, 0.3) is 0 Å². The van der Waals surface area contributed by atoms with Gasteiger partial charge in [-0.05, 0) is 43.9 Å². The number of methoxy groups -OCH3 is 1. The molecule has 3 rings (SSSR count). The maximum atomic E-state index is 9.95. The van der Waals surface area contributed by atoms with Gasteiger partial charge in [-0.3, -0.25) is 4.90 Å². The minimum atomic E-state index is -0.559. The molecule has 1 aromatic carbocycles. The molecule has 0 aromatic heterocycles. The molecule has 0 saturated carbocycles. The molecule has 0 bridgehead atoms. The van der Waals surface area contributed by atoms with Crippen molar-refractivity contribution in [2.24, 2.45) is 0 Å². The predicted molar refractivity (Wildman–Crippen MR) is 75.8 cm³/mol. The molecule has 1 atom stereocenters. The van der Waals surface area contributed by atoms with Crippen LogP contribution in [0.3, 0.4) is 0 Å². The highest BCUT2D eigenvalue weighted by molar-refractivity contribution is 5.48. The number of nitriles is 1. The fourth-order valence-electron chi connectivity index (χ4n) is 3.34. The van der Waals surface area contributed by atoms with Gasteiger partial charge in [-0.1, -0.05) is 0 Å². The van der Waals surface area contributed by atoms with Crippen LogP contribution in [0.2, 0.25) is 0 Å². The lowest BCUT2D eigenvalue weighted by molar-refractivity contribution is 0.161. The third-order valence-electron chi connectivity index (χ3n) is 4.40. The van der Waals surface area contributed by atoms with Gasteiger partial charge in [-0.15, -0.1) is 0 Å². The van der Waals surface area contributed by atoms with Crippen LogP contribution in [0.4, 0.5) is 0 Å². The van der Waals surface area contributed by atoms with Gasteiger partial charge in [0, 0.05) is 18.7 Å². The maximum absolute atomic E-state index is 9.95. The van der Waals surface area contributed by atoms with E-state index in [1.54, 1.807) is 7.11 Å². The van der Waals surface area contributed by atoms with E-state index in [4.69, 9.17) is 9.47 Å². The van der Waals surface area contributed by atoms with Crippen LogP contribution < -0.4 is 9.47 Å². The van der Waals surface area contributed by atoms with Crippen molar-refractivity contribution >= 4 is 0 Å². The van der Waals surface area contributed by atoms with E-state index in [0.29, 0.717) is 6.61 Å². The molecular formula is C16H20N2O2. The second-order valence-corrected chi connectivity index (χ2v) is 5.48. The van der Waals surface area contributed by atoms with E-state index in [2.05, 4.69) is 11.0 Å². The van der Waals surface area contributed by atoms with Crippen LogP contribution in [0.1, 0.15) is 31.2 Å². The second kappa shape index (κ2) is 5.34. The minimum absolute atomic E-state index is 0.559. The summed E-state index contributed by atoms with van der Waals surface area (Å²) in [7, 11) is 1.66. The molecule has 1 aromatic rings. The Labute approximate surface area is 119 Å². The molecule has 0 spiro atoms. The molecule has 20 heavy (non-hydrogen) atoms. The molecule has 1 saturated heterocycles. The lowest BCUT2D eigenvalue weighted by Crippen LogP contribution is -2.43. The van der Waals surface area contributed by atoms with Crippen molar-refractivity contribution in [3.8, 4) is 17.6 Å². The van der Waals surface area contributed by atoms with Gasteiger partial charge < -0.3 is 9.47 Å². The first-order chi connectivity index (χ1) is 9.80. The zero-order chi connectivity index (χ0) is 14.0. The number of fused-ring (bicyclic) bond motifs is 1. The minimum Gasteiger partial charge on any atom is -0.497 e. The average Bonchev–Trinajstić information content (AvgIpc) is 2.96. The smallest absolute Gasteiger partial charge is 0.138 e. The standard InChI is InChI=1S/C16H20N2O2/c1-19-13-5-6-15-14(11-13)16(12-17,7-4-10-20-15)18-8-2-3-9-18/h5-6,11H,2-4,7-10H2,1H3. The highest BCUT2D eigenvalue weighted by atomic mass is 16.5. The van der Waals surface area contributed by atoms with E-state index in [1.807, 2.05) is 18.2 Å². The van der Waals surface area contributed by atoms with Crippen LogP contribution in [-0.4, -0.2) is 31.7 Å². The fourth-order valence-corrected chi connectivity index (χ4v) is 3.34. The summed E-state index contributed by atoms with van der Waals surface area (Å²) < 4.78 is 11.2. The second-order valence-electron chi connectivity index (χ2n) is 5.48. The maximum Gasteiger partial charge on any atom is 0.138 e. The molecular weight excluding hydrogens is 252 g/mol. The van der Waals surface area contributed by atoms with Gasteiger partial charge in [0.05, 0.1) is 19.8 Å². The van der Waals surface area contributed by atoms with Gasteiger partial charge in [-0.2, -0.15) is 5.26 Å². The molecule has 2 aliphatic rings. The number of benzene rings is 1. The molecule has 0 N–H and O–H groups in total. The summed E-state index contributed by atoms with van der Waals surface area (Å²) in [6.07, 6.45) is 4.07. The van der Waals surface area contributed by atoms with E-state index in [-0.39, 0.29) is 0 Å². The molecule has 0 radical (unpaired) electrons. The summed E-state index contributed by atoms with van der Waals surface area (Å²) in [5.74, 6) is 1.62. The Balaban J connectivity index is 2.12. The van der Waals surface area contributed by atoms with Crippen LogP contribution in [0.15, 0.2) is 18.2 Å². The quantitative estimate of drug-likeness (QED) is 0.830. The largest absolute Gasteiger partial charge is 0.497 e. The summed E-state index contributed by atoms with van der Waals surface area (Å²) >= 11 is 0. The van der Waals surface area contributed by atoms with E-state index < -0.39 is 5.54 Å². The average molecular weight is 272 g/mol. The molecule has 2 heterocycles. The van der Waals surface area contributed by atoms with Crippen LogP contribution in [-0.2, 0) is 5.54 Å². The highest BCUT2D eigenvalue weighted by Gasteiger charge is 2.43. The zero-order valence-corrected chi connectivity index (χ0v) is 11.9. The van der Waals surface area contributed by atoms with Crippen molar-refractivity contribution in [3.05, 3.63) is 23.8 Å². The van der Waals surface area contributed by atoms with Crippen molar-refractivity contribution in [1.29, 1.82) is 5.26 Å². The van der Waals surface area contributed by atoms with Crippen LogP contribution in [0, 0.1) is 11.3 Å². The first kappa shape index (κ1) is 13.3. The lowest BCUT2D eigenvalue weighted by atomic mass is 9.85. The van der Waals surface area contributed by atoms with E-state index >= 15 is 0 Å². The SMILES string of the molecule is COc1ccc2c(c1)C(C#N)(N1CCCC1)CCCO2. The number of hydrogen-bond acceptors (Lipinski definition) is 4. The molecule has 4 heteroatoms. The zero-order valence-electron chi connectivity index (χ0n) is 11.9. The normalized spacial score (nSPS) is 26.2. The van der Waals surface area contributed by atoms with E-state index in [0.717, 1.165) is 43.0 Å². The van der Waals surface area contributed by atoms with Gasteiger partial charge in [0.25, 0.3) is 0 Å². The van der Waals surface area contributed by atoms with Crippen molar-refractivity contribution in [2.45, 2.75) is 31.2 Å². The molecule has 0 amide bonds. The first-order valence-electron chi connectivity index (χ1n) is 7.28. The van der Waals surface area contributed by atoms with Crippen LogP contribution >= 0.6 is 0 Å². The Morgan fingerprint density at radius 2 is 2.10 bits per heavy atom. The molecule has 1 unspecified atom stereocenters. The Morgan fingerprint density at radius 1 is 1.30 bits per heavy atom. The number of rotatable bonds is 2. The van der Waals surface area contributed by atoms with E-state index in [9.17, 15) is 5.26 Å². The van der Waals surface area contributed by atoms with Gasteiger partial charge >= 0.3 is 0 Å². The lowest BCUT2D eigenvalue weighted by Gasteiger charge is -2.36. The monoisotopic (exact) mass is 272 g/mol. The summed E-state index contributed by atoms with van der Waals surface area (Å²) in [6, 6.07) is 8.40. The Kier molecular flexibility index (Phi) is 3.54. The molecule has 1 fully saturated rings. The molecule has 106 valence electrons. The number of likely N-dealkylation sites (tertiary alicyclic amines) is 1. The Bertz CT molecular complexity index is 532. The summed E-state index contributed by atoms with van der Waals surface area (Å²) in [5.41, 5.74) is 0.412.